The van der Waals surface area contributed by atoms with Crippen molar-refractivity contribution in [3.05, 3.63) is 83.3 Å². The first-order valence-electron chi connectivity index (χ1n) is 9.42. The second kappa shape index (κ2) is 9.39. The fourth-order valence-corrected chi connectivity index (χ4v) is 2.66. The number of unbranched alkanes of at least 4 members (excludes halogenated alkanes) is 1. The number of para-hydroxylation sites is 1. The highest BCUT2D eigenvalue weighted by Gasteiger charge is 2.30. The number of ether oxygens (including phenoxy) is 1. The highest BCUT2D eigenvalue weighted by atomic mass is 19.4. The van der Waals surface area contributed by atoms with Crippen LogP contribution in [0.5, 0.6) is 5.88 Å². The van der Waals surface area contributed by atoms with Crippen molar-refractivity contribution in [1.82, 2.24) is 9.78 Å². The van der Waals surface area contributed by atoms with Crippen molar-refractivity contribution in [3.63, 3.8) is 0 Å². The van der Waals surface area contributed by atoms with Crippen LogP contribution >= 0.6 is 0 Å². The number of rotatable bonds is 6. The van der Waals surface area contributed by atoms with Crippen molar-refractivity contribution in [3.8, 4) is 11.6 Å². The van der Waals surface area contributed by atoms with E-state index in [1.54, 1.807) is 10.7 Å². The summed E-state index contributed by atoms with van der Waals surface area (Å²) < 4.78 is 46.1. The molecule has 0 spiro atoms. The third-order valence-electron chi connectivity index (χ3n) is 4.20. The molecule has 8 heteroatoms. The van der Waals surface area contributed by atoms with E-state index < -0.39 is 17.6 Å². The van der Waals surface area contributed by atoms with E-state index in [4.69, 9.17) is 4.74 Å². The van der Waals surface area contributed by atoms with Crippen LogP contribution in [0.15, 0.2) is 71.9 Å². The third kappa shape index (κ3) is 5.34. The maximum atomic E-state index is 12.9. The molecule has 1 aromatic heterocycles. The Labute approximate surface area is 171 Å². The predicted octanol–water partition coefficient (Wildman–Crippen LogP) is 4.81. The minimum absolute atomic E-state index is 0.155. The van der Waals surface area contributed by atoms with Crippen molar-refractivity contribution >= 4 is 5.91 Å². The van der Waals surface area contributed by atoms with Crippen molar-refractivity contribution in [1.29, 1.82) is 0 Å². The summed E-state index contributed by atoms with van der Waals surface area (Å²) in [6.07, 6.45) is -1.40. The van der Waals surface area contributed by atoms with Gasteiger partial charge in [0, 0.05) is 11.6 Å². The van der Waals surface area contributed by atoms with E-state index in [-0.39, 0.29) is 10.9 Å². The molecule has 5 nitrogen and oxygen atoms in total. The van der Waals surface area contributed by atoms with Crippen LogP contribution in [0.1, 0.15) is 35.7 Å². The largest absolute Gasteiger partial charge is 0.478 e. The van der Waals surface area contributed by atoms with Crippen molar-refractivity contribution in [2.24, 2.45) is 4.99 Å². The number of hydrogen-bond donors (Lipinski definition) is 0. The van der Waals surface area contributed by atoms with Gasteiger partial charge in [-0.05, 0) is 36.8 Å². The predicted molar refractivity (Wildman–Crippen MR) is 105 cm³/mol. The normalized spacial score (nSPS) is 12.1. The molecule has 0 bridgehead atoms. The molecule has 0 fully saturated rings. The number of carbonyl (C=O) groups is 1. The molecular formula is C22H20F3N3O2. The quantitative estimate of drug-likeness (QED) is 0.543. The van der Waals surface area contributed by atoms with Crippen LogP contribution in [0.2, 0.25) is 0 Å². The van der Waals surface area contributed by atoms with Gasteiger partial charge in [0.2, 0.25) is 5.88 Å². The first-order chi connectivity index (χ1) is 14.4. The molecule has 0 radical (unpaired) electrons. The molecule has 30 heavy (non-hydrogen) atoms. The highest BCUT2D eigenvalue weighted by molar-refractivity contribution is 5.95. The molecule has 3 rings (SSSR count). The lowest BCUT2D eigenvalue weighted by Crippen LogP contribution is -2.16. The zero-order chi connectivity index (χ0) is 21.6. The molecule has 0 N–H and O–H groups in total. The lowest BCUT2D eigenvalue weighted by atomic mass is 10.1. The second-order valence-electron chi connectivity index (χ2n) is 6.50. The first-order valence-corrected chi connectivity index (χ1v) is 9.42. The smallest absolute Gasteiger partial charge is 0.416 e. The number of carbonyl (C=O) groups excluding carboxylic acids is 1. The summed E-state index contributed by atoms with van der Waals surface area (Å²) in [6, 6.07) is 15.0. The average molecular weight is 415 g/mol. The van der Waals surface area contributed by atoms with Gasteiger partial charge in [0.15, 0.2) is 0 Å². The van der Waals surface area contributed by atoms with Crippen LogP contribution in [0.3, 0.4) is 0 Å². The lowest BCUT2D eigenvalue weighted by molar-refractivity contribution is -0.137. The molecule has 1 heterocycles. The SMILES string of the molecule is CCCCOc1c/c(=N\C(=O)c2cccc(C(F)(F)F)c2)cnn1-c1ccccc1. The van der Waals surface area contributed by atoms with Gasteiger partial charge in [0.1, 0.15) is 0 Å². The fourth-order valence-electron chi connectivity index (χ4n) is 2.66. The summed E-state index contributed by atoms with van der Waals surface area (Å²) in [5.74, 6) is -0.410. The standard InChI is InChI=1S/C22H20F3N3O2/c1-2-3-12-30-20-14-18(15-26-28(20)19-10-5-4-6-11-19)27-21(29)16-8-7-9-17(13-16)22(23,24)25/h4-11,13-15H,2-3,12H2,1H3/b27-18+. The zero-order valence-electron chi connectivity index (χ0n) is 16.3. The summed E-state index contributed by atoms with van der Waals surface area (Å²) in [4.78, 5) is 16.3. The molecule has 156 valence electrons. The average Bonchev–Trinajstić information content (AvgIpc) is 2.74. The zero-order valence-corrected chi connectivity index (χ0v) is 16.3. The molecule has 0 aliphatic rings. The third-order valence-corrected chi connectivity index (χ3v) is 4.20. The first kappa shape index (κ1) is 21.3. The summed E-state index contributed by atoms with van der Waals surface area (Å²) in [5, 5.41) is 4.49. The number of alkyl halides is 3. The second-order valence-corrected chi connectivity index (χ2v) is 6.50. The van der Waals surface area contributed by atoms with E-state index >= 15 is 0 Å². The van der Waals surface area contributed by atoms with E-state index in [0.29, 0.717) is 12.5 Å². The molecule has 3 aromatic rings. The Morgan fingerprint density at radius 1 is 1.10 bits per heavy atom. The maximum absolute atomic E-state index is 12.9. The molecule has 2 aromatic carbocycles. The van der Waals surface area contributed by atoms with E-state index in [1.807, 2.05) is 37.3 Å². The lowest BCUT2D eigenvalue weighted by Gasteiger charge is -2.13. The number of nitrogens with zero attached hydrogens (tertiary/aromatic N) is 3. The van der Waals surface area contributed by atoms with Crippen LogP contribution in [-0.4, -0.2) is 22.3 Å². The van der Waals surface area contributed by atoms with E-state index in [9.17, 15) is 18.0 Å². The Kier molecular flexibility index (Phi) is 6.66. The van der Waals surface area contributed by atoms with Crippen LogP contribution in [0, 0.1) is 0 Å². The van der Waals surface area contributed by atoms with Gasteiger partial charge in [-0.25, -0.2) is 9.67 Å². The number of halogens is 3. The molecule has 1 amide bonds. The molecule has 0 saturated heterocycles. The Hall–Kier alpha value is -3.42. The van der Waals surface area contributed by atoms with Crippen molar-refractivity contribution in [2.45, 2.75) is 25.9 Å². The Bertz CT molecular complexity index is 1080. The van der Waals surface area contributed by atoms with E-state index in [1.165, 1.54) is 18.3 Å². The summed E-state index contributed by atoms with van der Waals surface area (Å²) >= 11 is 0. The monoisotopic (exact) mass is 415 g/mol. The molecule has 0 aliphatic carbocycles. The minimum atomic E-state index is -4.54. The van der Waals surface area contributed by atoms with Crippen molar-refractivity contribution < 1.29 is 22.7 Å². The molecular weight excluding hydrogens is 395 g/mol. The van der Waals surface area contributed by atoms with Crippen LogP contribution in [0.4, 0.5) is 13.2 Å². The minimum Gasteiger partial charge on any atom is -0.478 e. The van der Waals surface area contributed by atoms with Gasteiger partial charge in [0.05, 0.1) is 29.4 Å². The van der Waals surface area contributed by atoms with Gasteiger partial charge in [-0.15, -0.1) is 0 Å². The molecule has 0 saturated carbocycles. The number of hydrogen-bond acceptors (Lipinski definition) is 3. The van der Waals surface area contributed by atoms with E-state index in [2.05, 4.69) is 10.1 Å². The summed E-state index contributed by atoms with van der Waals surface area (Å²) in [6.45, 7) is 2.49. The summed E-state index contributed by atoms with van der Waals surface area (Å²) in [5.41, 5.74) is -0.293. The van der Waals surface area contributed by atoms with E-state index in [0.717, 1.165) is 30.7 Å². The fraction of sp³-hybridized carbons (Fsp3) is 0.227. The van der Waals surface area contributed by atoms with Gasteiger partial charge < -0.3 is 4.74 Å². The summed E-state index contributed by atoms with van der Waals surface area (Å²) in [7, 11) is 0. The van der Waals surface area contributed by atoms with Gasteiger partial charge >= 0.3 is 6.18 Å². The molecule has 0 unspecified atom stereocenters. The number of amides is 1. The van der Waals surface area contributed by atoms with Gasteiger partial charge in [-0.2, -0.15) is 18.3 Å². The number of aromatic nitrogens is 2. The van der Waals surface area contributed by atoms with Gasteiger partial charge in [-0.3, -0.25) is 4.79 Å². The van der Waals surface area contributed by atoms with Crippen LogP contribution in [-0.2, 0) is 6.18 Å². The highest BCUT2D eigenvalue weighted by Crippen LogP contribution is 2.29. The number of benzene rings is 2. The molecule has 0 atom stereocenters. The van der Waals surface area contributed by atoms with Crippen LogP contribution in [0.25, 0.3) is 5.69 Å². The Morgan fingerprint density at radius 3 is 2.57 bits per heavy atom. The Balaban J connectivity index is 1.96. The topological polar surface area (TPSA) is 56.5 Å². The van der Waals surface area contributed by atoms with Crippen molar-refractivity contribution in [2.75, 3.05) is 6.61 Å². The Morgan fingerprint density at radius 2 is 1.87 bits per heavy atom. The van der Waals surface area contributed by atoms with Gasteiger partial charge in [0.25, 0.3) is 5.91 Å². The van der Waals surface area contributed by atoms with Gasteiger partial charge in [-0.1, -0.05) is 37.6 Å². The maximum Gasteiger partial charge on any atom is 0.416 e. The molecule has 0 aliphatic heterocycles. The van der Waals surface area contributed by atoms with Crippen LogP contribution < -0.4 is 10.1 Å².